The predicted molar refractivity (Wildman–Crippen MR) is 153 cm³/mol. The summed E-state index contributed by atoms with van der Waals surface area (Å²) >= 11 is 0. The molecule has 2 atom stereocenters. The summed E-state index contributed by atoms with van der Waals surface area (Å²) in [7, 11) is 1.14. The van der Waals surface area contributed by atoms with Crippen LogP contribution in [0.3, 0.4) is 0 Å². The van der Waals surface area contributed by atoms with E-state index in [0.29, 0.717) is 17.4 Å². The molecule has 0 fully saturated rings. The van der Waals surface area contributed by atoms with Gasteiger partial charge in [-0.1, -0.05) is 69.8 Å². The largest absolute Gasteiger partial charge is 0.756 e. The van der Waals surface area contributed by atoms with Crippen molar-refractivity contribution in [2.24, 2.45) is 0 Å². The molecule has 39 heavy (non-hydrogen) atoms. The highest BCUT2D eigenvalue weighted by Crippen LogP contribution is 2.38. The molecule has 0 aromatic carbocycles. The second kappa shape index (κ2) is 23.2. The van der Waals surface area contributed by atoms with Crippen molar-refractivity contribution < 1.29 is 42.1 Å². The van der Waals surface area contributed by atoms with Gasteiger partial charge in [-0.05, 0) is 38.5 Å². The van der Waals surface area contributed by atoms with Crippen molar-refractivity contribution in [1.29, 1.82) is 0 Å². The lowest BCUT2D eigenvalue weighted by molar-refractivity contribution is -0.870. The lowest BCUT2D eigenvalue weighted by Gasteiger charge is -2.28. The molecule has 2 unspecified atom stereocenters. The van der Waals surface area contributed by atoms with E-state index in [0.717, 1.165) is 38.5 Å². The minimum absolute atomic E-state index is 0.0361. The molecule has 0 bridgehead atoms. The zero-order valence-corrected chi connectivity index (χ0v) is 26.0. The van der Waals surface area contributed by atoms with Gasteiger partial charge in [0.15, 0.2) is 6.10 Å². The Labute approximate surface area is 237 Å². The molecule has 0 heterocycles. The van der Waals surface area contributed by atoms with Crippen molar-refractivity contribution in [1.82, 2.24) is 0 Å². The van der Waals surface area contributed by atoms with Crippen LogP contribution < -0.4 is 4.89 Å². The van der Waals surface area contributed by atoms with Gasteiger partial charge in [0.2, 0.25) is 0 Å². The number of esters is 2. The van der Waals surface area contributed by atoms with Crippen LogP contribution in [0.1, 0.15) is 97.3 Å². The molecule has 0 N–H and O–H groups in total. The molecular weight excluding hydrogens is 521 g/mol. The van der Waals surface area contributed by atoms with Crippen molar-refractivity contribution in [3.05, 3.63) is 24.3 Å². The van der Waals surface area contributed by atoms with Crippen LogP contribution in [0.2, 0.25) is 0 Å². The van der Waals surface area contributed by atoms with Crippen LogP contribution in [0, 0.1) is 0 Å². The number of phosphoric ester groups is 1. The van der Waals surface area contributed by atoms with E-state index < -0.39 is 32.5 Å². The lowest BCUT2D eigenvalue weighted by atomic mass is 10.1. The summed E-state index contributed by atoms with van der Waals surface area (Å²) in [5.41, 5.74) is 0. The third-order valence-corrected chi connectivity index (χ3v) is 6.75. The predicted octanol–water partition coefficient (Wildman–Crippen LogP) is 5.87. The Bertz CT molecular complexity index is 748. The number of hydrogen-bond donors (Lipinski definition) is 0. The summed E-state index contributed by atoms with van der Waals surface area (Å²) < 4.78 is 32.5. The number of hydrogen-bond acceptors (Lipinski definition) is 8. The topological polar surface area (TPSA) is 111 Å². The standard InChI is InChI=1S/C29H54NO8P/c1-6-7-8-9-10-11-12-13-14-15-16-17-18-19-20-21-22-29(32)38-28(25-35-27(2)31)26-37-39(33,34)36-24-23-30(3,4)5/h11-12,14-15,28H,6-10,13,16-26H2,1-5H3/b12-11-,15-14-. The first-order valence-electron chi connectivity index (χ1n) is 14.5. The van der Waals surface area contributed by atoms with E-state index in [1.165, 1.54) is 39.0 Å². The van der Waals surface area contributed by atoms with Crippen LogP contribution in [0.5, 0.6) is 0 Å². The van der Waals surface area contributed by atoms with E-state index in [2.05, 4.69) is 31.2 Å². The van der Waals surface area contributed by atoms with Gasteiger partial charge < -0.3 is 27.9 Å². The summed E-state index contributed by atoms with van der Waals surface area (Å²) in [6.45, 7) is 3.11. The molecular formula is C29H54NO8P. The van der Waals surface area contributed by atoms with Gasteiger partial charge in [0, 0.05) is 13.3 Å². The van der Waals surface area contributed by atoms with Gasteiger partial charge in [-0.2, -0.15) is 0 Å². The van der Waals surface area contributed by atoms with Gasteiger partial charge in [0.25, 0.3) is 7.82 Å². The first-order valence-corrected chi connectivity index (χ1v) is 15.9. The molecule has 9 nitrogen and oxygen atoms in total. The molecule has 0 radical (unpaired) electrons. The highest BCUT2D eigenvalue weighted by molar-refractivity contribution is 7.45. The molecule has 0 aliphatic heterocycles. The number of ether oxygens (including phenoxy) is 2. The molecule has 0 aliphatic rings. The van der Waals surface area contributed by atoms with Crippen LogP contribution in [0.4, 0.5) is 0 Å². The molecule has 0 aromatic heterocycles. The number of allylic oxidation sites excluding steroid dienone is 4. The number of nitrogens with zero attached hydrogens (tertiary/aromatic N) is 1. The number of rotatable bonds is 25. The Morgan fingerprint density at radius 2 is 1.44 bits per heavy atom. The van der Waals surface area contributed by atoms with Gasteiger partial charge in [-0.3, -0.25) is 14.2 Å². The van der Waals surface area contributed by atoms with E-state index in [9.17, 15) is 19.0 Å². The van der Waals surface area contributed by atoms with Crippen LogP contribution in [0.25, 0.3) is 0 Å². The smallest absolute Gasteiger partial charge is 0.306 e. The highest BCUT2D eigenvalue weighted by atomic mass is 31.2. The fraction of sp³-hybridized carbons (Fsp3) is 0.793. The Morgan fingerprint density at radius 3 is 2.03 bits per heavy atom. The number of unbranched alkanes of at least 4 members (excludes halogenated alkanes) is 9. The van der Waals surface area contributed by atoms with E-state index in [-0.39, 0.29) is 19.6 Å². The summed E-state index contributed by atoms with van der Waals surface area (Å²) in [4.78, 5) is 35.4. The van der Waals surface area contributed by atoms with Crippen LogP contribution in [0.15, 0.2) is 24.3 Å². The van der Waals surface area contributed by atoms with Gasteiger partial charge in [0.05, 0.1) is 27.7 Å². The zero-order valence-electron chi connectivity index (χ0n) is 25.1. The lowest BCUT2D eigenvalue weighted by Crippen LogP contribution is -2.37. The normalized spacial score (nSPS) is 14.5. The molecule has 10 heteroatoms. The van der Waals surface area contributed by atoms with E-state index in [1.807, 2.05) is 21.1 Å². The maximum atomic E-state index is 12.2. The van der Waals surface area contributed by atoms with Crippen LogP contribution in [-0.2, 0) is 32.7 Å². The monoisotopic (exact) mass is 575 g/mol. The number of carbonyl (C=O) groups excluding carboxylic acids is 2. The molecule has 228 valence electrons. The minimum Gasteiger partial charge on any atom is -0.756 e. The second-order valence-electron chi connectivity index (χ2n) is 10.8. The average molecular weight is 576 g/mol. The van der Waals surface area contributed by atoms with Gasteiger partial charge >= 0.3 is 11.9 Å². The molecule has 0 aliphatic carbocycles. The number of quaternary nitrogens is 1. The number of likely N-dealkylation sites (N-methyl/N-ethyl adjacent to an activating group) is 1. The van der Waals surface area contributed by atoms with E-state index >= 15 is 0 Å². The molecule has 0 rings (SSSR count). The summed E-state index contributed by atoms with van der Waals surface area (Å²) in [5, 5.41) is 0. The van der Waals surface area contributed by atoms with E-state index in [1.54, 1.807) is 0 Å². The van der Waals surface area contributed by atoms with Gasteiger partial charge in [-0.25, -0.2) is 0 Å². The maximum Gasteiger partial charge on any atom is 0.306 e. The van der Waals surface area contributed by atoms with Gasteiger partial charge in [0.1, 0.15) is 19.8 Å². The first kappa shape index (κ1) is 37.5. The third-order valence-electron chi connectivity index (χ3n) is 5.78. The Morgan fingerprint density at radius 1 is 0.846 bits per heavy atom. The average Bonchev–Trinajstić information content (AvgIpc) is 2.84. The van der Waals surface area contributed by atoms with E-state index in [4.69, 9.17) is 18.5 Å². The van der Waals surface area contributed by atoms with Crippen molar-refractivity contribution >= 4 is 19.8 Å². The zero-order chi connectivity index (χ0) is 29.4. The third kappa shape index (κ3) is 27.8. The minimum atomic E-state index is -4.58. The van der Waals surface area contributed by atoms with Gasteiger partial charge in [-0.15, -0.1) is 0 Å². The quantitative estimate of drug-likeness (QED) is 0.0437. The second-order valence-corrected chi connectivity index (χ2v) is 12.2. The highest BCUT2D eigenvalue weighted by Gasteiger charge is 2.21. The van der Waals surface area contributed by atoms with Crippen molar-refractivity contribution in [2.45, 2.75) is 103 Å². The summed E-state index contributed by atoms with van der Waals surface area (Å²) in [6.07, 6.45) is 21.4. The maximum absolute atomic E-state index is 12.2. The molecule has 0 amide bonds. The SMILES string of the molecule is CCCCCC/C=C\C/C=C\CCCCCCCC(=O)OC(COC(C)=O)COP(=O)([O-])OCC[N+](C)(C)C. The van der Waals surface area contributed by atoms with Crippen molar-refractivity contribution in [3.63, 3.8) is 0 Å². The fourth-order valence-corrected chi connectivity index (χ4v) is 4.20. The van der Waals surface area contributed by atoms with Crippen LogP contribution >= 0.6 is 7.82 Å². The summed E-state index contributed by atoms with van der Waals surface area (Å²) in [5.74, 6) is -1.05. The summed E-state index contributed by atoms with van der Waals surface area (Å²) in [6, 6.07) is 0. The number of carbonyl (C=O) groups is 2. The number of phosphoric acid groups is 1. The Balaban J connectivity index is 4.08. The molecule has 0 saturated carbocycles. The molecule has 0 saturated heterocycles. The fourth-order valence-electron chi connectivity index (χ4n) is 3.47. The van der Waals surface area contributed by atoms with Crippen molar-refractivity contribution in [2.75, 3.05) is 47.5 Å². The molecule has 0 aromatic rings. The Hall–Kier alpha value is -1.51. The molecule has 0 spiro atoms. The van der Waals surface area contributed by atoms with Crippen LogP contribution in [-0.4, -0.2) is 70.0 Å². The van der Waals surface area contributed by atoms with Crippen molar-refractivity contribution in [3.8, 4) is 0 Å². The Kier molecular flexibility index (Phi) is 22.3. The first-order chi connectivity index (χ1) is 18.4.